The van der Waals surface area contributed by atoms with Crippen LogP contribution in [-0.2, 0) is 18.3 Å². The number of anilines is 1. The maximum atomic E-state index is 13.7. The summed E-state index contributed by atoms with van der Waals surface area (Å²) in [5.74, 6) is -0.567. The van der Waals surface area contributed by atoms with Gasteiger partial charge in [-0.25, -0.2) is 9.37 Å². The first-order chi connectivity index (χ1) is 12.4. The summed E-state index contributed by atoms with van der Waals surface area (Å²) in [6, 6.07) is 10.4. The lowest BCUT2D eigenvalue weighted by molar-refractivity contribution is -0.115. The molecule has 0 saturated heterocycles. The van der Waals surface area contributed by atoms with Crippen LogP contribution < -0.4 is 5.32 Å². The molecule has 0 saturated carbocycles. The second-order valence-corrected chi connectivity index (χ2v) is 7.23. The summed E-state index contributed by atoms with van der Waals surface area (Å²) in [6.07, 6.45) is 3.78. The summed E-state index contributed by atoms with van der Waals surface area (Å²) >= 11 is 1.38. The third-order valence-corrected chi connectivity index (χ3v) is 5.20. The largest absolute Gasteiger partial charge is 0.329 e. The van der Waals surface area contributed by atoms with Crippen LogP contribution in [0.5, 0.6) is 0 Å². The van der Waals surface area contributed by atoms with Crippen LogP contribution in [0, 0.1) is 19.7 Å². The number of imidazole rings is 1. The summed E-state index contributed by atoms with van der Waals surface area (Å²) in [5.41, 5.74) is 3.59. The lowest BCUT2D eigenvalue weighted by atomic mass is 10.0. The van der Waals surface area contributed by atoms with E-state index in [9.17, 15) is 9.18 Å². The number of halogens is 1. The molecule has 0 aliphatic rings. The zero-order valence-corrected chi connectivity index (χ0v) is 15.7. The van der Waals surface area contributed by atoms with E-state index < -0.39 is 5.82 Å². The van der Waals surface area contributed by atoms with Gasteiger partial charge in [-0.3, -0.25) is 4.79 Å². The summed E-state index contributed by atoms with van der Waals surface area (Å²) < 4.78 is 15.6. The van der Waals surface area contributed by atoms with Crippen LogP contribution in [0.3, 0.4) is 0 Å². The van der Waals surface area contributed by atoms with Gasteiger partial charge < -0.3 is 9.88 Å². The van der Waals surface area contributed by atoms with Gasteiger partial charge in [0.05, 0.1) is 12.1 Å². The van der Waals surface area contributed by atoms with E-state index >= 15 is 0 Å². The van der Waals surface area contributed by atoms with Crippen LogP contribution >= 0.6 is 11.8 Å². The van der Waals surface area contributed by atoms with E-state index in [0.29, 0.717) is 5.69 Å². The van der Waals surface area contributed by atoms with Crippen LogP contribution in [0.1, 0.15) is 16.7 Å². The Morgan fingerprint density at radius 3 is 2.77 bits per heavy atom. The molecular weight excluding hydrogens is 349 g/mol. The fourth-order valence-electron chi connectivity index (χ4n) is 2.60. The first kappa shape index (κ1) is 18.2. The molecule has 0 atom stereocenters. The van der Waals surface area contributed by atoms with Crippen LogP contribution in [0.15, 0.2) is 58.8 Å². The Morgan fingerprint density at radius 1 is 1.23 bits per heavy atom. The summed E-state index contributed by atoms with van der Waals surface area (Å²) in [6.45, 7) is 3.97. The molecule has 2 aromatic carbocycles. The molecule has 26 heavy (non-hydrogen) atoms. The fourth-order valence-corrected chi connectivity index (χ4v) is 3.47. The minimum atomic E-state index is -0.392. The third kappa shape index (κ3) is 4.32. The van der Waals surface area contributed by atoms with Crippen LogP contribution in [0.25, 0.3) is 0 Å². The topological polar surface area (TPSA) is 46.9 Å². The molecule has 0 radical (unpaired) electrons. The molecule has 1 N–H and O–H groups in total. The highest BCUT2D eigenvalue weighted by Gasteiger charge is 2.13. The third-order valence-electron chi connectivity index (χ3n) is 4.05. The fraction of sp³-hybridized carbons (Fsp3) is 0.200. The van der Waals surface area contributed by atoms with Gasteiger partial charge in [0.1, 0.15) is 5.82 Å². The van der Waals surface area contributed by atoms with Gasteiger partial charge in [-0.05, 0) is 54.9 Å². The smallest absolute Gasteiger partial charge is 0.228 e. The van der Waals surface area contributed by atoms with Crippen molar-refractivity contribution < 1.29 is 9.18 Å². The van der Waals surface area contributed by atoms with E-state index in [1.165, 1.54) is 23.9 Å². The number of benzene rings is 2. The SMILES string of the molecule is Cc1ccc(C)c(CC(=O)Nc2cc(F)ccc2Sc2nccn2C)c1. The van der Waals surface area contributed by atoms with E-state index in [1.54, 1.807) is 12.3 Å². The van der Waals surface area contributed by atoms with Crippen molar-refractivity contribution in [2.45, 2.75) is 30.3 Å². The molecule has 0 aliphatic heterocycles. The van der Waals surface area contributed by atoms with Gasteiger partial charge in [0.25, 0.3) is 0 Å². The molecule has 6 heteroatoms. The van der Waals surface area contributed by atoms with Crippen molar-refractivity contribution in [3.63, 3.8) is 0 Å². The van der Waals surface area contributed by atoms with E-state index in [2.05, 4.69) is 10.3 Å². The van der Waals surface area contributed by atoms with E-state index in [4.69, 9.17) is 0 Å². The maximum Gasteiger partial charge on any atom is 0.228 e. The van der Waals surface area contributed by atoms with Crippen LogP contribution in [0.2, 0.25) is 0 Å². The van der Waals surface area contributed by atoms with E-state index in [0.717, 1.165) is 26.7 Å². The quantitative estimate of drug-likeness (QED) is 0.720. The number of rotatable bonds is 5. The number of nitrogens with one attached hydrogen (secondary N) is 1. The Morgan fingerprint density at radius 2 is 2.04 bits per heavy atom. The van der Waals surface area contributed by atoms with Crippen molar-refractivity contribution in [2.24, 2.45) is 7.05 Å². The molecule has 0 spiro atoms. The number of aromatic nitrogens is 2. The molecule has 1 heterocycles. The second kappa shape index (κ2) is 7.74. The van der Waals surface area contributed by atoms with Gasteiger partial charge in [0.2, 0.25) is 5.91 Å². The summed E-state index contributed by atoms with van der Waals surface area (Å²) in [5, 5.41) is 3.61. The molecular formula is C20H20FN3OS. The lowest BCUT2D eigenvalue weighted by Crippen LogP contribution is -2.16. The minimum absolute atomic E-state index is 0.175. The molecule has 0 bridgehead atoms. The predicted octanol–water partition coefficient (Wildman–Crippen LogP) is 4.51. The Labute approximate surface area is 156 Å². The second-order valence-electron chi connectivity index (χ2n) is 6.22. The zero-order valence-electron chi connectivity index (χ0n) is 14.9. The number of aryl methyl sites for hydroxylation is 3. The lowest BCUT2D eigenvalue weighted by Gasteiger charge is -2.12. The molecule has 4 nitrogen and oxygen atoms in total. The molecule has 1 aromatic heterocycles. The first-order valence-electron chi connectivity index (χ1n) is 8.23. The molecule has 134 valence electrons. The number of nitrogens with zero attached hydrogens (tertiary/aromatic N) is 2. The summed E-state index contributed by atoms with van der Waals surface area (Å²) in [7, 11) is 1.89. The highest BCUT2D eigenvalue weighted by molar-refractivity contribution is 7.99. The number of hydrogen-bond acceptors (Lipinski definition) is 3. The Hall–Kier alpha value is -2.60. The monoisotopic (exact) mass is 369 g/mol. The van der Waals surface area contributed by atoms with Gasteiger partial charge in [-0.1, -0.05) is 23.8 Å². The number of carbonyl (C=O) groups is 1. The molecule has 3 aromatic rings. The van der Waals surface area contributed by atoms with Gasteiger partial charge >= 0.3 is 0 Å². The standard InChI is InChI=1S/C20H20FN3OS/c1-13-4-5-14(2)15(10-13)11-19(25)23-17-12-16(21)6-7-18(17)26-20-22-8-9-24(20)3/h4-10,12H,11H2,1-3H3,(H,23,25). The van der Waals surface area contributed by atoms with E-state index in [-0.39, 0.29) is 12.3 Å². The molecule has 0 aliphatic carbocycles. The number of amides is 1. The molecule has 1 amide bonds. The highest BCUT2D eigenvalue weighted by Crippen LogP contribution is 2.33. The Kier molecular flexibility index (Phi) is 5.42. The van der Waals surface area contributed by atoms with Gasteiger partial charge in [0, 0.05) is 24.3 Å². The van der Waals surface area contributed by atoms with Crippen molar-refractivity contribution in [3.8, 4) is 0 Å². The maximum absolute atomic E-state index is 13.7. The van der Waals surface area contributed by atoms with Crippen LogP contribution in [0.4, 0.5) is 10.1 Å². The molecule has 3 rings (SSSR count). The van der Waals surface area contributed by atoms with E-state index in [1.807, 2.05) is 49.9 Å². The first-order valence-corrected chi connectivity index (χ1v) is 9.05. The average molecular weight is 369 g/mol. The number of carbonyl (C=O) groups excluding carboxylic acids is 1. The van der Waals surface area contributed by atoms with Crippen molar-refractivity contribution >= 4 is 23.4 Å². The van der Waals surface area contributed by atoms with Crippen molar-refractivity contribution in [2.75, 3.05) is 5.32 Å². The van der Waals surface area contributed by atoms with Crippen molar-refractivity contribution in [3.05, 3.63) is 71.3 Å². The zero-order chi connectivity index (χ0) is 18.7. The van der Waals surface area contributed by atoms with Gasteiger partial charge in [0.15, 0.2) is 5.16 Å². The minimum Gasteiger partial charge on any atom is -0.329 e. The normalized spacial score (nSPS) is 10.8. The number of hydrogen-bond donors (Lipinski definition) is 1. The molecule has 0 fully saturated rings. The average Bonchev–Trinajstić information content (AvgIpc) is 2.98. The highest BCUT2D eigenvalue weighted by atomic mass is 32.2. The molecule has 0 unspecified atom stereocenters. The predicted molar refractivity (Wildman–Crippen MR) is 102 cm³/mol. The van der Waals surface area contributed by atoms with Crippen LogP contribution in [-0.4, -0.2) is 15.5 Å². The Bertz CT molecular complexity index is 952. The summed E-state index contributed by atoms with van der Waals surface area (Å²) in [4.78, 5) is 17.5. The van der Waals surface area contributed by atoms with Gasteiger partial charge in [-0.2, -0.15) is 0 Å². The van der Waals surface area contributed by atoms with Gasteiger partial charge in [-0.15, -0.1) is 0 Å². The Balaban J connectivity index is 1.80. The van der Waals surface area contributed by atoms with Crippen molar-refractivity contribution in [1.82, 2.24) is 9.55 Å². The van der Waals surface area contributed by atoms with Crippen molar-refractivity contribution in [1.29, 1.82) is 0 Å².